The monoisotopic (exact) mass is 176 g/mol. The number of hydrogen-bond acceptors (Lipinski definition) is 0. The molecule has 0 aliphatic heterocycles. The fourth-order valence-corrected chi connectivity index (χ4v) is 3.95. The van der Waals surface area contributed by atoms with Crippen molar-refractivity contribution in [3.05, 3.63) is 12.2 Å². The van der Waals surface area contributed by atoms with Crippen LogP contribution in [0.25, 0.3) is 0 Å². The fraction of sp³-hybridized carbons (Fsp3) is 0.846. The van der Waals surface area contributed by atoms with Crippen LogP contribution in [-0.4, -0.2) is 0 Å². The van der Waals surface area contributed by atoms with Crippen molar-refractivity contribution >= 4 is 0 Å². The first-order valence-corrected chi connectivity index (χ1v) is 6.10. The van der Waals surface area contributed by atoms with Gasteiger partial charge in [-0.05, 0) is 42.9 Å². The van der Waals surface area contributed by atoms with Crippen LogP contribution in [0.1, 0.15) is 44.9 Å². The Kier molecular flexibility index (Phi) is 1.96. The molecular weight excluding hydrogens is 156 g/mol. The summed E-state index contributed by atoms with van der Waals surface area (Å²) in [6.45, 7) is 0. The highest BCUT2D eigenvalue weighted by atomic mass is 14.4. The molecule has 0 aromatic rings. The molecule has 13 heavy (non-hydrogen) atoms. The van der Waals surface area contributed by atoms with E-state index in [9.17, 15) is 0 Å². The minimum Gasteiger partial charge on any atom is -0.0880 e. The zero-order valence-corrected chi connectivity index (χ0v) is 8.41. The number of fused-ring (bicyclic) bond motifs is 2. The second-order valence-electron chi connectivity index (χ2n) is 5.36. The average molecular weight is 176 g/mol. The lowest BCUT2D eigenvalue weighted by molar-refractivity contribution is 0.106. The zero-order chi connectivity index (χ0) is 8.67. The van der Waals surface area contributed by atoms with Gasteiger partial charge in [0, 0.05) is 0 Å². The maximum atomic E-state index is 2.51. The third kappa shape index (κ3) is 1.35. The molecule has 0 amide bonds. The standard InChI is InChI=1S/C13H20/c1-2-5-11-9-13-7-3-6-12(13)8-10(11)4-1/h3,6,10-13H,1-2,4-5,7-9H2. The summed E-state index contributed by atoms with van der Waals surface area (Å²) in [6, 6.07) is 0. The minimum atomic E-state index is 0.986. The summed E-state index contributed by atoms with van der Waals surface area (Å²) in [5.41, 5.74) is 0. The van der Waals surface area contributed by atoms with Gasteiger partial charge in [-0.25, -0.2) is 0 Å². The third-order valence-corrected chi connectivity index (χ3v) is 4.67. The Morgan fingerprint density at radius 3 is 2.46 bits per heavy atom. The summed E-state index contributed by atoms with van der Waals surface area (Å²) in [4.78, 5) is 0. The molecule has 0 N–H and O–H groups in total. The summed E-state index contributed by atoms with van der Waals surface area (Å²) in [5, 5.41) is 0. The molecule has 2 saturated carbocycles. The summed E-state index contributed by atoms with van der Waals surface area (Å²) in [6.07, 6.45) is 15.6. The molecule has 0 saturated heterocycles. The van der Waals surface area contributed by atoms with E-state index in [4.69, 9.17) is 0 Å². The quantitative estimate of drug-likeness (QED) is 0.493. The van der Waals surface area contributed by atoms with E-state index >= 15 is 0 Å². The second kappa shape index (κ2) is 3.15. The van der Waals surface area contributed by atoms with Crippen molar-refractivity contribution in [3.8, 4) is 0 Å². The highest BCUT2D eigenvalue weighted by Crippen LogP contribution is 2.48. The number of rotatable bonds is 0. The van der Waals surface area contributed by atoms with Gasteiger partial charge >= 0.3 is 0 Å². The van der Waals surface area contributed by atoms with Crippen LogP contribution in [0.3, 0.4) is 0 Å². The van der Waals surface area contributed by atoms with E-state index < -0.39 is 0 Å². The predicted octanol–water partition coefficient (Wildman–Crippen LogP) is 3.78. The molecule has 0 heteroatoms. The van der Waals surface area contributed by atoms with Gasteiger partial charge in [0.25, 0.3) is 0 Å². The van der Waals surface area contributed by atoms with E-state index in [1.165, 1.54) is 25.7 Å². The van der Waals surface area contributed by atoms with Gasteiger partial charge in [-0.1, -0.05) is 37.8 Å². The maximum absolute atomic E-state index is 2.51. The van der Waals surface area contributed by atoms with Crippen LogP contribution in [0.5, 0.6) is 0 Å². The van der Waals surface area contributed by atoms with Gasteiger partial charge in [-0.2, -0.15) is 0 Å². The van der Waals surface area contributed by atoms with Crippen LogP contribution < -0.4 is 0 Å². The molecule has 2 fully saturated rings. The Morgan fingerprint density at radius 2 is 1.62 bits per heavy atom. The van der Waals surface area contributed by atoms with Gasteiger partial charge in [0.1, 0.15) is 0 Å². The van der Waals surface area contributed by atoms with Crippen molar-refractivity contribution in [1.29, 1.82) is 0 Å². The van der Waals surface area contributed by atoms with E-state index in [-0.39, 0.29) is 0 Å². The van der Waals surface area contributed by atoms with Crippen LogP contribution in [-0.2, 0) is 0 Å². The molecule has 3 aliphatic carbocycles. The van der Waals surface area contributed by atoms with Crippen molar-refractivity contribution in [3.63, 3.8) is 0 Å². The smallest absolute Gasteiger partial charge is 0.0199 e. The molecule has 0 bridgehead atoms. The first-order chi connectivity index (χ1) is 6.43. The van der Waals surface area contributed by atoms with Crippen LogP contribution >= 0.6 is 0 Å². The van der Waals surface area contributed by atoms with Gasteiger partial charge < -0.3 is 0 Å². The Hall–Kier alpha value is -0.260. The number of hydrogen-bond donors (Lipinski definition) is 0. The predicted molar refractivity (Wildman–Crippen MR) is 55.4 cm³/mol. The highest BCUT2D eigenvalue weighted by molar-refractivity contribution is 5.05. The molecule has 3 aliphatic rings. The van der Waals surface area contributed by atoms with E-state index in [2.05, 4.69) is 12.2 Å². The zero-order valence-electron chi connectivity index (χ0n) is 8.41. The lowest BCUT2D eigenvalue weighted by Crippen LogP contribution is -2.31. The topological polar surface area (TPSA) is 0 Å². The lowest BCUT2D eigenvalue weighted by atomic mass is 9.64. The van der Waals surface area contributed by atoms with E-state index in [1.54, 1.807) is 19.3 Å². The molecule has 0 heterocycles. The molecule has 3 rings (SSSR count). The van der Waals surface area contributed by atoms with Crippen molar-refractivity contribution in [1.82, 2.24) is 0 Å². The summed E-state index contributed by atoms with van der Waals surface area (Å²) in [7, 11) is 0. The molecule has 0 spiro atoms. The van der Waals surface area contributed by atoms with Crippen molar-refractivity contribution in [2.75, 3.05) is 0 Å². The molecule has 72 valence electrons. The summed E-state index contributed by atoms with van der Waals surface area (Å²) >= 11 is 0. The molecule has 0 aromatic heterocycles. The fourth-order valence-electron chi connectivity index (χ4n) is 3.95. The molecule has 4 atom stereocenters. The van der Waals surface area contributed by atoms with Crippen LogP contribution in [0.4, 0.5) is 0 Å². The Morgan fingerprint density at radius 1 is 0.846 bits per heavy atom. The molecule has 0 nitrogen and oxygen atoms in total. The van der Waals surface area contributed by atoms with E-state index in [0.29, 0.717) is 0 Å². The van der Waals surface area contributed by atoms with Gasteiger partial charge in [0.2, 0.25) is 0 Å². The Balaban J connectivity index is 1.73. The van der Waals surface area contributed by atoms with Gasteiger partial charge in [-0.15, -0.1) is 0 Å². The van der Waals surface area contributed by atoms with Crippen LogP contribution in [0.2, 0.25) is 0 Å². The third-order valence-electron chi connectivity index (χ3n) is 4.67. The normalized spacial score (nSPS) is 48.6. The lowest BCUT2D eigenvalue weighted by Gasteiger charge is -2.41. The van der Waals surface area contributed by atoms with Gasteiger partial charge in [0.15, 0.2) is 0 Å². The molecule has 0 aromatic carbocycles. The second-order valence-corrected chi connectivity index (χ2v) is 5.36. The van der Waals surface area contributed by atoms with Crippen molar-refractivity contribution in [2.45, 2.75) is 44.9 Å². The molecule has 0 radical (unpaired) electrons. The summed E-state index contributed by atoms with van der Waals surface area (Å²) < 4.78 is 0. The van der Waals surface area contributed by atoms with Gasteiger partial charge in [-0.3, -0.25) is 0 Å². The largest absolute Gasteiger partial charge is 0.0880 e. The van der Waals surface area contributed by atoms with Crippen molar-refractivity contribution < 1.29 is 0 Å². The first-order valence-electron chi connectivity index (χ1n) is 6.10. The Bertz CT molecular complexity index is 216. The molecule has 4 unspecified atom stereocenters. The van der Waals surface area contributed by atoms with Gasteiger partial charge in [0.05, 0.1) is 0 Å². The average Bonchev–Trinajstić information content (AvgIpc) is 2.61. The maximum Gasteiger partial charge on any atom is -0.0199 e. The first kappa shape index (κ1) is 8.08. The minimum absolute atomic E-state index is 0.986. The number of allylic oxidation sites excluding steroid dienone is 2. The van der Waals surface area contributed by atoms with E-state index in [1.807, 2.05) is 0 Å². The van der Waals surface area contributed by atoms with Crippen LogP contribution in [0.15, 0.2) is 12.2 Å². The SMILES string of the molecule is C1=CC2CC3CCCCC3CC2C1. The molecular formula is C13H20. The van der Waals surface area contributed by atoms with Crippen molar-refractivity contribution in [2.24, 2.45) is 23.7 Å². The van der Waals surface area contributed by atoms with Crippen LogP contribution in [0, 0.1) is 23.7 Å². The highest BCUT2D eigenvalue weighted by Gasteiger charge is 2.37. The summed E-state index contributed by atoms with van der Waals surface area (Å²) in [5.74, 6) is 4.27. The van der Waals surface area contributed by atoms with E-state index in [0.717, 1.165) is 23.7 Å². The Labute approximate surface area is 81.4 Å².